The second-order valence-electron chi connectivity index (χ2n) is 8.63. The highest BCUT2D eigenvalue weighted by Gasteiger charge is 2.75. The van der Waals surface area contributed by atoms with Gasteiger partial charge in [0.1, 0.15) is 0 Å². The minimum atomic E-state index is -0.607. The van der Waals surface area contributed by atoms with Crippen molar-refractivity contribution in [1.29, 1.82) is 0 Å². The molecule has 0 N–H and O–H groups in total. The largest absolute Gasteiger partial charge is 0.264 e. The smallest absolute Gasteiger partial charge is 0.228 e. The zero-order valence-electron chi connectivity index (χ0n) is 12.4. The van der Waals surface area contributed by atoms with E-state index in [0.717, 1.165) is 49.4 Å². The third-order valence-corrected chi connectivity index (χ3v) is 8.65. The molecule has 7 aliphatic carbocycles. The van der Waals surface area contributed by atoms with Crippen molar-refractivity contribution in [2.75, 3.05) is 5.88 Å². The standard InChI is InChI=1S/C17H24ClNO2/c18-3-1-2-17(19(20)21)10-7-12-11-4-9-5-14(12)16(17)15(6-9)13(11)8-10/h9-16H,1-8H2. The Hall–Kier alpha value is -0.310. The lowest BCUT2D eigenvalue weighted by atomic mass is 9.31. The van der Waals surface area contributed by atoms with Crippen molar-refractivity contribution in [2.45, 2.75) is 50.5 Å². The molecule has 116 valence electrons. The molecule has 0 aliphatic heterocycles. The van der Waals surface area contributed by atoms with Gasteiger partial charge in [0.2, 0.25) is 5.54 Å². The summed E-state index contributed by atoms with van der Waals surface area (Å²) < 4.78 is 0. The Morgan fingerprint density at radius 2 is 1.57 bits per heavy atom. The van der Waals surface area contributed by atoms with Crippen LogP contribution in [0.5, 0.6) is 0 Å². The molecule has 5 unspecified atom stereocenters. The predicted molar refractivity (Wildman–Crippen MR) is 80.7 cm³/mol. The zero-order chi connectivity index (χ0) is 14.4. The summed E-state index contributed by atoms with van der Waals surface area (Å²) in [7, 11) is 0. The highest BCUT2D eigenvalue weighted by Crippen LogP contribution is 2.74. The van der Waals surface area contributed by atoms with Gasteiger partial charge in [-0.15, -0.1) is 11.6 Å². The van der Waals surface area contributed by atoms with Gasteiger partial charge in [0.05, 0.1) is 0 Å². The van der Waals surface area contributed by atoms with Crippen LogP contribution in [0.25, 0.3) is 0 Å². The summed E-state index contributed by atoms with van der Waals surface area (Å²) in [5, 5.41) is 12.2. The van der Waals surface area contributed by atoms with Crippen molar-refractivity contribution in [2.24, 2.45) is 47.3 Å². The van der Waals surface area contributed by atoms with E-state index >= 15 is 0 Å². The summed E-state index contributed by atoms with van der Waals surface area (Å²) in [5.74, 6) is 6.22. The monoisotopic (exact) mass is 309 g/mol. The van der Waals surface area contributed by atoms with Crippen LogP contribution in [-0.4, -0.2) is 16.3 Å². The number of rotatable bonds is 4. The minimum absolute atomic E-state index is 0.170. The van der Waals surface area contributed by atoms with Gasteiger partial charge >= 0.3 is 0 Å². The van der Waals surface area contributed by atoms with Gasteiger partial charge in [0.25, 0.3) is 0 Å². The van der Waals surface area contributed by atoms with E-state index in [4.69, 9.17) is 11.6 Å². The Labute approximate surface area is 131 Å². The van der Waals surface area contributed by atoms with E-state index in [9.17, 15) is 10.1 Å². The Bertz CT molecular complexity index is 473. The van der Waals surface area contributed by atoms with Crippen LogP contribution in [0.1, 0.15) is 44.9 Å². The lowest BCUT2D eigenvalue weighted by molar-refractivity contribution is -0.616. The van der Waals surface area contributed by atoms with Crippen molar-refractivity contribution in [3.05, 3.63) is 10.1 Å². The average Bonchev–Trinajstić information content (AvgIpc) is 2.49. The molecule has 0 saturated heterocycles. The van der Waals surface area contributed by atoms with E-state index in [1.165, 1.54) is 19.3 Å². The van der Waals surface area contributed by atoms with Gasteiger partial charge in [-0.3, -0.25) is 10.1 Å². The molecule has 0 heterocycles. The van der Waals surface area contributed by atoms with Gasteiger partial charge in [-0.05, 0) is 74.0 Å². The summed E-state index contributed by atoms with van der Waals surface area (Å²) in [6.07, 6.45) is 7.93. The second-order valence-corrected chi connectivity index (χ2v) is 9.01. The molecule has 3 nitrogen and oxygen atoms in total. The number of alkyl halides is 1. The summed E-state index contributed by atoms with van der Waals surface area (Å²) in [4.78, 5) is 12.4. The molecule has 0 spiro atoms. The van der Waals surface area contributed by atoms with Gasteiger partial charge in [-0.2, -0.15) is 0 Å². The van der Waals surface area contributed by atoms with Crippen LogP contribution in [0.3, 0.4) is 0 Å². The van der Waals surface area contributed by atoms with E-state index in [1.807, 2.05) is 0 Å². The molecule has 7 aliphatic rings. The van der Waals surface area contributed by atoms with Crippen molar-refractivity contribution in [1.82, 2.24) is 0 Å². The predicted octanol–water partition coefficient (Wildman–Crippen LogP) is 3.97. The fraction of sp³-hybridized carbons (Fsp3) is 1.00. The fourth-order valence-electron chi connectivity index (χ4n) is 8.20. The first-order chi connectivity index (χ1) is 10.2. The summed E-state index contributed by atoms with van der Waals surface area (Å²) in [6, 6.07) is 0. The zero-order valence-corrected chi connectivity index (χ0v) is 13.2. The highest BCUT2D eigenvalue weighted by atomic mass is 35.5. The minimum Gasteiger partial charge on any atom is -0.264 e. The van der Waals surface area contributed by atoms with Crippen LogP contribution in [0.2, 0.25) is 0 Å². The lowest BCUT2D eigenvalue weighted by Crippen LogP contribution is -2.73. The second kappa shape index (κ2) is 4.15. The maximum absolute atomic E-state index is 12.2. The molecule has 0 aromatic heterocycles. The van der Waals surface area contributed by atoms with E-state index < -0.39 is 5.54 Å². The maximum Gasteiger partial charge on any atom is 0.228 e. The molecule has 5 atom stereocenters. The molecule has 21 heavy (non-hydrogen) atoms. The number of halogens is 1. The van der Waals surface area contributed by atoms with Gasteiger partial charge in [-0.25, -0.2) is 0 Å². The Balaban J connectivity index is 1.61. The van der Waals surface area contributed by atoms with Gasteiger partial charge < -0.3 is 0 Å². The number of hydrogen-bond donors (Lipinski definition) is 0. The van der Waals surface area contributed by atoms with E-state index in [-0.39, 0.29) is 4.92 Å². The molecule has 4 heteroatoms. The molecule has 7 saturated carbocycles. The van der Waals surface area contributed by atoms with Crippen LogP contribution in [0.4, 0.5) is 0 Å². The number of nitrogens with zero attached hydrogens (tertiary/aromatic N) is 1. The van der Waals surface area contributed by atoms with Crippen LogP contribution >= 0.6 is 11.6 Å². The summed E-state index contributed by atoms with van der Waals surface area (Å²) in [5.41, 5.74) is -0.607. The van der Waals surface area contributed by atoms with Crippen LogP contribution < -0.4 is 0 Å². The van der Waals surface area contributed by atoms with Crippen LogP contribution in [0.15, 0.2) is 0 Å². The van der Waals surface area contributed by atoms with Crippen molar-refractivity contribution >= 4 is 11.6 Å². The molecule has 0 radical (unpaired) electrons. The van der Waals surface area contributed by atoms with Gasteiger partial charge in [-0.1, -0.05) is 0 Å². The maximum atomic E-state index is 12.2. The van der Waals surface area contributed by atoms with Crippen molar-refractivity contribution in [3.8, 4) is 0 Å². The Morgan fingerprint density at radius 3 is 2.14 bits per heavy atom. The molecule has 0 aromatic rings. The third kappa shape index (κ3) is 1.39. The van der Waals surface area contributed by atoms with Crippen molar-refractivity contribution < 1.29 is 4.92 Å². The first-order valence-electron chi connectivity index (χ1n) is 8.87. The van der Waals surface area contributed by atoms with E-state index in [1.54, 1.807) is 0 Å². The molecular weight excluding hydrogens is 286 g/mol. The topological polar surface area (TPSA) is 43.1 Å². The molecule has 0 aromatic carbocycles. The fourth-order valence-corrected chi connectivity index (χ4v) is 8.33. The van der Waals surface area contributed by atoms with Crippen LogP contribution in [-0.2, 0) is 0 Å². The van der Waals surface area contributed by atoms with Gasteiger partial charge in [0, 0.05) is 29.1 Å². The Morgan fingerprint density at radius 1 is 1.00 bits per heavy atom. The normalized spacial score (nSPS) is 58.9. The molecule has 7 rings (SSSR count). The highest BCUT2D eigenvalue weighted by molar-refractivity contribution is 6.17. The summed E-state index contributed by atoms with van der Waals surface area (Å²) >= 11 is 5.91. The number of nitro groups is 1. The SMILES string of the molecule is O=[N+]([O-])C1(CCCCl)C2CC3C4CC5CC3C1C(C5)C4C2. The lowest BCUT2D eigenvalue weighted by Gasteiger charge is -2.72. The molecule has 8 bridgehead atoms. The van der Waals surface area contributed by atoms with E-state index in [2.05, 4.69) is 0 Å². The quantitative estimate of drug-likeness (QED) is 0.448. The van der Waals surface area contributed by atoms with Crippen LogP contribution in [0, 0.1) is 57.5 Å². The Kier molecular flexibility index (Phi) is 2.60. The third-order valence-electron chi connectivity index (χ3n) is 8.39. The first kappa shape index (κ1) is 13.2. The molecule has 7 fully saturated rings. The van der Waals surface area contributed by atoms with E-state index in [0.29, 0.717) is 29.6 Å². The van der Waals surface area contributed by atoms with Gasteiger partial charge in [0.15, 0.2) is 0 Å². The molecule has 0 amide bonds. The first-order valence-corrected chi connectivity index (χ1v) is 9.40. The summed E-state index contributed by atoms with van der Waals surface area (Å²) in [6.45, 7) is 0. The number of hydrogen-bond acceptors (Lipinski definition) is 2. The van der Waals surface area contributed by atoms with Crippen molar-refractivity contribution in [3.63, 3.8) is 0 Å². The average molecular weight is 310 g/mol. The molecular formula is C17H24ClNO2.